The molecule has 1 aromatic carbocycles. The second-order valence-corrected chi connectivity index (χ2v) is 6.71. The van der Waals surface area contributed by atoms with Crippen LogP contribution >= 0.6 is 0 Å². The Morgan fingerprint density at radius 3 is 2.38 bits per heavy atom. The molecule has 0 atom stereocenters. The molecular formula is C20H24N4O2. The van der Waals surface area contributed by atoms with Gasteiger partial charge in [-0.15, -0.1) is 0 Å². The van der Waals surface area contributed by atoms with Gasteiger partial charge in [0.15, 0.2) is 0 Å². The summed E-state index contributed by atoms with van der Waals surface area (Å²) in [5, 5.41) is 0. The quantitative estimate of drug-likeness (QED) is 0.790. The number of hydrogen-bond acceptors (Lipinski definition) is 4. The highest BCUT2D eigenvalue weighted by Gasteiger charge is 2.25. The minimum Gasteiger partial charge on any atom is -0.362 e. The molecule has 136 valence electrons. The summed E-state index contributed by atoms with van der Waals surface area (Å²) >= 11 is 0. The number of anilines is 1. The Labute approximate surface area is 154 Å². The van der Waals surface area contributed by atoms with Gasteiger partial charge in [-0.2, -0.15) is 0 Å². The number of benzene rings is 1. The SMILES string of the molecule is Cc1ccccc1-c1ccc(C(=O)N2CCN(C=O)CC2)c(N(C)C)n1. The molecule has 0 radical (unpaired) electrons. The summed E-state index contributed by atoms with van der Waals surface area (Å²) < 4.78 is 0. The maximum Gasteiger partial charge on any atom is 0.257 e. The van der Waals surface area contributed by atoms with E-state index in [-0.39, 0.29) is 5.91 Å². The molecule has 2 amide bonds. The minimum atomic E-state index is -0.0388. The zero-order chi connectivity index (χ0) is 18.7. The lowest BCUT2D eigenvalue weighted by atomic mass is 10.0. The van der Waals surface area contributed by atoms with Crippen molar-refractivity contribution in [2.24, 2.45) is 0 Å². The second-order valence-electron chi connectivity index (χ2n) is 6.71. The van der Waals surface area contributed by atoms with E-state index in [2.05, 4.69) is 13.0 Å². The first-order valence-electron chi connectivity index (χ1n) is 8.74. The summed E-state index contributed by atoms with van der Waals surface area (Å²) in [7, 11) is 3.79. The van der Waals surface area contributed by atoms with Gasteiger partial charge in [0.05, 0.1) is 11.3 Å². The van der Waals surface area contributed by atoms with Gasteiger partial charge in [0.25, 0.3) is 5.91 Å². The third-order valence-corrected chi connectivity index (χ3v) is 4.70. The number of nitrogens with zero attached hydrogens (tertiary/aromatic N) is 4. The van der Waals surface area contributed by atoms with E-state index in [1.807, 2.05) is 49.3 Å². The van der Waals surface area contributed by atoms with Gasteiger partial charge in [-0.25, -0.2) is 4.98 Å². The van der Waals surface area contributed by atoms with Crippen LogP contribution in [0.4, 0.5) is 5.82 Å². The monoisotopic (exact) mass is 352 g/mol. The van der Waals surface area contributed by atoms with Gasteiger partial charge in [-0.1, -0.05) is 24.3 Å². The lowest BCUT2D eigenvalue weighted by Crippen LogP contribution is -2.48. The molecule has 1 aliphatic heterocycles. The average molecular weight is 352 g/mol. The fraction of sp³-hybridized carbons (Fsp3) is 0.350. The topological polar surface area (TPSA) is 56.8 Å². The number of aryl methyl sites for hydroxylation is 1. The van der Waals surface area contributed by atoms with E-state index in [0.29, 0.717) is 37.6 Å². The lowest BCUT2D eigenvalue weighted by Gasteiger charge is -2.33. The predicted molar refractivity (Wildman–Crippen MR) is 102 cm³/mol. The van der Waals surface area contributed by atoms with Crippen molar-refractivity contribution in [1.29, 1.82) is 0 Å². The maximum atomic E-state index is 13.0. The molecule has 6 nitrogen and oxygen atoms in total. The van der Waals surface area contributed by atoms with Crippen molar-refractivity contribution in [2.45, 2.75) is 6.92 Å². The number of amides is 2. The van der Waals surface area contributed by atoms with E-state index in [0.717, 1.165) is 23.2 Å². The van der Waals surface area contributed by atoms with E-state index in [1.54, 1.807) is 9.80 Å². The maximum absolute atomic E-state index is 13.0. The summed E-state index contributed by atoms with van der Waals surface area (Å²) in [5.74, 6) is 0.622. The van der Waals surface area contributed by atoms with E-state index in [9.17, 15) is 9.59 Å². The Hall–Kier alpha value is -2.89. The molecule has 1 saturated heterocycles. The fourth-order valence-corrected chi connectivity index (χ4v) is 3.17. The highest BCUT2D eigenvalue weighted by Crippen LogP contribution is 2.26. The van der Waals surface area contributed by atoms with Crippen molar-refractivity contribution < 1.29 is 9.59 Å². The summed E-state index contributed by atoms with van der Waals surface area (Å²) in [6.45, 7) is 4.29. The smallest absolute Gasteiger partial charge is 0.257 e. The molecule has 1 aromatic heterocycles. The van der Waals surface area contributed by atoms with Crippen molar-refractivity contribution in [2.75, 3.05) is 45.2 Å². The molecule has 0 saturated carbocycles. The molecule has 6 heteroatoms. The fourth-order valence-electron chi connectivity index (χ4n) is 3.17. The van der Waals surface area contributed by atoms with Crippen LogP contribution < -0.4 is 4.90 Å². The zero-order valence-corrected chi connectivity index (χ0v) is 15.5. The summed E-state index contributed by atoms with van der Waals surface area (Å²) in [4.78, 5) is 34.0. The molecule has 1 fully saturated rings. The van der Waals surface area contributed by atoms with Gasteiger partial charge in [0, 0.05) is 45.8 Å². The van der Waals surface area contributed by atoms with Gasteiger partial charge < -0.3 is 14.7 Å². The molecule has 1 aliphatic rings. The van der Waals surface area contributed by atoms with Gasteiger partial charge in [-0.05, 0) is 24.6 Å². The number of piperazine rings is 1. The lowest BCUT2D eigenvalue weighted by molar-refractivity contribution is -0.119. The van der Waals surface area contributed by atoms with Crippen LogP contribution in [0.25, 0.3) is 11.3 Å². The number of aromatic nitrogens is 1. The molecule has 0 aliphatic carbocycles. The van der Waals surface area contributed by atoms with E-state index < -0.39 is 0 Å². The molecule has 0 spiro atoms. The number of pyridine rings is 1. The van der Waals surface area contributed by atoms with Gasteiger partial charge >= 0.3 is 0 Å². The third kappa shape index (κ3) is 3.54. The molecule has 3 rings (SSSR count). The van der Waals surface area contributed by atoms with Gasteiger partial charge in [-0.3, -0.25) is 9.59 Å². The minimum absolute atomic E-state index is 0.0388. The van der Waals surface area contributed by atoms with Crippen molar-refractivity contribution in [1.82, 2.24) is 14.8 Å². The van der Waals surface area contributed by atoms with Crippen molar-refractivity contribution in [3.05, 3.63) is 47.5 Å². The first-order chi connectivity index (χ1) is 12.5. The molecule has 0 bridgehead atoms. The zero-order valence-electron chi connectivity index (χ0n) is 15.5. The van der Waals surface area contributed by atoms with Crippen LogP contribution in [0.15, 0.2) is 36.4 Å². The van der Waals surface area contributed by atoms with Crippen LogP contribution in [0.5, 0.6) is 0 Å². The number of rotatable bonds is 4. The molecule has 2 aromatic rings. The van der Waals surface area contributed by atoms with Gasteiger partial charge in [0.2, 0.25) is 6.41 Å². The molecular weight excluding hydrogens is 328 g/mol. The third-order valence-electron chi connectivity index (χ3n) is 4.70. The Bertz CT molecular complexity index is 811. The highest BCUT2D eigenvalue weighted by molar-refractivity contribution is 5.99. The van der Waals surface area contributed by atoms with Crippen molar-refractivity contribution >= 4 is 18.1 Å². The van der Waals surface area contributed by atoms with Crippen LogP contribution in [-0.4, -0.2) is 67.4 Å². The molecule has 0 unspecified atom stereocenters. The average Bonchev–Trinajstić information content (AvgIpc) is 2.67. The normalized spacial score (nSPS) is 14.3. The van der Waals surface area contributed by atoms with Crippen LogP contribution in [0.3, 0.4) is 0 Å². The van der Waals surface area contributed by atoms with E-state index in [1.165, 1.54) is 0 Å². The van der Waals surface area contributed by atoms with Crippen LogP contribution in [0, 0.1) is 6.92 Å². The number of carbonyl (C=O) groups excluding carboxylic acids is 2. The molecule has 0 N–H and O–H groups in total. The Balaban J connectivity index is 1.91. The standard InChI is InChI=1S/C20H24N4O2/c1-15-6-4-5-7-16(15)18-9-8-17(19(21-18)22(2)3)20(26)24-12-10-23(14-25)11-13-24/h4-9,14H,10-13H2,1-3H3. The number of carbonyl (C=O) groups is 2. The largest absolute Gasteiger partial charge is 0.362 e. The molecule has 26 heavy (non-hydrogen) atoms. The Kier molecular flexibility index (Phi) is 5.21. The first-order valence-corrected chi connectivity index (χ1v) is 8.74. The summed E-state index contributed by atoms with van der Waals surface area (Å²) in [5.41, 5.74) is 3.66. The summed E-state index contributed by atoms with van der Waals surface area (Å²) in [6.07, 6.45) is 0.839. The Morgan fingerprint density at radius 2 is 1.77 bits per heavy atom. The summed E-state index contributed by atoms with van der Waals surface area (Å²) in [6, 6.07) is 11.9. The second kappa shape index (κ2) is 7.56. The van der Waals surface area contributed by atoms with Crippen LogP contribution in [0.2, 0.25) is 0 Å². The van der Waals surface area contributed by atoms with Gasteiger partial charge in [0.1, 0.15) is 5.82 Å². The predicted octanol–water partition coefficient (Wildman–Crippen LogP) is 2.04. The van der Waals surface area contributed by atoms with E-state index >= 15 is 0 Å². The van der Waals surface area contributed by atoms with Crippen molar-refractivity contribution in [3.63, 3.8) is 0 Å². The van der Waals surface area contributed by atoms with E-state index in [4.69, 9.17) is 4.98 Å². The molecule has 2 heterocycles. The van der Waals surface area contributed by atoms with Crippen molar-refractivity contribution in [3.8, 4) is 11.3 Å². The highest BCUT2D eigenvalue weighted by atomic mass is 16.2. The van der Waals surface area contributed by atoms with Crippen LogP contribution in [-0.2, 0) is 4.79 Å². The Morgan fingerprint density at radius 1 is 1.08 bits per heavy atom. The number of hydrogen-bond donors (Lipinski definition) is 0. The van der Waals surface area contributed by atoms with Crippen LogP contribution in [0.1, 0.15) is 15.9 Å². The first kappa shape index (κ1) is 17.9.